The fourth-order valence-electron chi connectivity index (χ4n) is 3.19. The second kappa shape index (κ2) is 10.1. The number of likely N-dealkylation sites (tertiary alicyclic amines) is 1. The molecule has 1 N–H and O–H groups in total. The molecule has 0 aliphatic carbocycles. The van der Waals surface area contributed by atoms with Gasteiger partial charge in [0.15, 0.2) is 0 Å². The van der Waals surface area contributed by atoms with Crippen LogP contribution in [0.5, 0.6) is 0 Å². The van der Waals surface area contributed by atoms with Gasteiger partial charge in [-0.25, -0.2) is 9.59 Å². The Hall–Kier alpha value is -2.04. The van der Waals surface area contributed by atoms with Gasteiger partial charge in [-0.15, -0.1) is 0 Å². The average molecular weight is 347 g/mol. The number of carboxylic acid groups (broad SMARTS) is 1. The first-order valence-corrected chi connectivity index (χ1v) is 9.28. The molecule has 1 amide bonds. The van der Waals surface area contributed by atoms with E-state index in [1.807, 2.05) is 25.1 Å². The van der Waals surface area contributed by atoms with Crippen molar-refractivity contribution in [2.75, 3.05) is 13.1 Å². The lowest BCUT2D eigenvalue weighted by Gasteiger charge is -2.24. The highest BCUT2D eigenvalue weighted by Crippen LogP contribution is 2.18. The zero-order valence-corrected chi connectivity index (χ0v) is 15.0. The van der Waals surface area contributed by atoms with Crippen molar-refractivity contribution >= 4 is 12.1 Å². The molecule has 5 heteroatoms. The van der Waals surface area contributed by atoms with Gasteiger partial charge in [0.25, 0.3) is 0 Å². The third kappa shape index (κ3) is 6.77. The van der Waals surface area contributed by atoms with E-state index >= 15 is 0 Å². The number of nitrogens with zero attached hydrogens (tertiary/aromatic N) is 1. The zero-order chi connectivity index (χ0) is 18.1. The summed E-state index contributed by atoms with van der Waals surface area (Å²) in [5.74, 6) is -0.895. The first-order valence-electron chi connectivity index (χ1n) is 9.28. The normalized spacial score (nSPS) is 17.4. The molecule has 1 fully saturated rings. The van der Waals surface area contributed by atoms with Crippen LogP contribution in [0, 0.1) is 5.92 Å². The molecule has 1 heterocycles. The van der Waals surface area contributed by atoms with Crippen molar-refractivity contribution in [1.29, 1.82) is 0 Å². The minimum atomic E-state index is -1.07. The molecule has 0 spiro atoms. The SMILES string of the molecule is CC(CCc1ccccc1)C[C@H](OC(=O)N1CCCCCC1)C(=O)O. The maximum atomic E-state index is 12.3. The van der Waals surface area contributed by atoms with Gasteiger partial charge in [0.1, 0.15) is 0 Å². The van der Waals surface area contributed by atoms with Gasteiger partial charge in [-0.1, -0.05) is 50.1 Å². The van der Waals surface area contributed by atoms with E-state index in [4.69, 9.17) is 4.74 Å². The molecule has 138 valence electrons. The molecule has 0 saturated carbocycles. The monoisotopic (exact) mass is 347 g/mol. The fourth-order valence-corrected chi connectivity index (χ4v) is 3.19. The number of aliphatic carboxylic acids is 1. The maximum absolute atomic E-state index is 12.3. The van der Waals surface area contributed by atoms with Crippen LogP contribution in [0.4, 0.5) is 4.79 Å². The standard InChI is InChI=1S/C20H29NO4/c1-16(11-12-17-9-5-4-6-10-17)15-18(19(22)23)25-20(24)21-13-7-2-3-8-14-21/h4-6,9-10,16,18H,2-3,7-8,11-15H2,1H3,(H,22,23)/t16?,18-/m0/s1. The van der Waals surface area contributed by atoms with Gasteiger partial charge in [0.05, 0.1) is 0 Å². The molecule has 1 saturated heterocycles. The lowest BCUT2D eigenvalue weighted by molar-refractivity contribution is -0.148. The van der Waals surface area contributed by atoms with E-state index < -0.39 is 18.2 Å². The van der Waals surface area contributed by atoms with E-state index in [9.17, 15) is 14.7 Å². The van der Waals surface area contributed by atoms with E-state index in [0.29, 0.717) is 19.5 Å². The highest BCUT2D eigenvalue weighted by Gasteiger charge is 2.27. The van der Waals surface area contributed by atoms with Crippen molar-refractivity contribution in [3.05, 3.63) is 35.9 Å². The number of rotatable bonds is 7. The second-order valence-electron chi connectivity index (χ2n) is 6.98. The lowest BCUT2D eigenvalue weighted by atomic mass is 9.95. The summed E-state index contributed by atoms with van der Waals surface area (Å²) in [7, 11) is 0. The molecular formula is C20H29NO4. The van der Waals surface area contributed by atoms with Gasteiger partial charge in [-0.2, -0.15) is 0 Å². The molecule has 2 rings (SSSR count). The Labute approximate surface area is 150 Å². The first-order chi connectivity index (χ1) is 12.1. The molecule has 1 aromatic carbocycles. The highest BCUT2D eigenvalue weighted by molar-refractivity contribution is 5.77. The number of ether oxygens (including phenoxy) is 1. The van der Waals surface area contributed by atoms with Crippen LogP contribution >= 0.6 is 0 Å². The van der Waals surface area contributed by atoms with Crippen LogP contribution in [0.25, 0.3) is 0 Å². The number of carboxylic acids is 1. The van der Waals surface area contributed by atoms with E-state index in [2.05, 4.69) is 12.1 Å². The first kappa shape index (κ1) is 19.3. The van der Waals surface area contributed by atoms with E-state index in [0.717, 1.165) is 38.5 Å². The topological polar surface area (TPSA) is 66.8 Å². The van der Waals surface area contributed by atoms with Crippen molar-refractivity contribution in [2.24, 2.45) is 5.92 Å². The van der Waals surface area contributed by atoms with Crippen LogP contribution in [0.3, 0.4) is 0 Å². The molecule has 1 aliphatic heterocycles. The molecule has 0 bridgehead atoms. The Balaban J connectivity index is 1.82. The Morgan fingerprint density at radius 3 is 2.36 bits per heavy atom. The Bertz CT molecular complexity index is 538. The van der Waals surface area contributed by atoms with Crippen molar-refractivity contribution in [2.45, 2.75) is 58.0 Å². The van der Waals surface area contributed by atoms with Gasteiger partial charge < -0.3 is 14.7 Å². The molecule has 2 atom stereocenters. The van der Waals surface area contributed by atoms with Gasteiger partial charge in [0, 0.05) is 13.1 Å². The summed E-state index contributed by atoms with van der Waals surface area (Å²) >= 11 is 0. The second-order valence-corrected chi connectivity index (χ2v) is 6.98. The van der Waals surface area contributed by atoms with E-state index in [1.165, 1.54) is 5.56 Å². The fraction of sp³-hybridized carbons (Fsp3) is 0.600. The largest absolute Gasteiger partial charge is 0.479 e. The molecular weight excluding hydrogens is 318 g/mol. The highest BCUT2D eigenvalue weighted by atomic mass is 16.6. The van der Waals surface area contributed by atoms with Crippen LogP contribution in [0.15, 0.2) is 30.3 Å². The molecule has 0 aromatic heterocycles. The van der Waals surface area contributed by atoms with Gasteiger partial charge in [-0.3, -0.25) is 0 Å². The summed E-state index contributed by atoms with van der Waals surface area (Å²) in [5.41, 5.74) is 1.24. The number of amides is 1. The number of benzene rings is 1. The van der Waals surface area contributed by atoms with Gasteiger partial charge >= 0.3 is 12.1 Å². The Morgan fingerprint density at radius 1 is 1.12 bits per heavy atom. The predicted octanol–water partition coefficient (Wildman–Crippen LogP) is 4.11. The molecule has 1 unspecified atom stereocenters. The van der Waals surface area contributed by atoms with Crippen molar-refractivity contribution in [1.82, 2.24) is 4.90 Å². The molecule has 0 radical (unpaired) electrons. The molecule has 1 aliphatic rings. The number of hydrogen-bond acceptors (Lipinski definition) is 3. The number of carbonyl (C=O) groups is 2. The third-order valence-electron chi connectivity index (χ3n) is 4.77. The number of aryl methyl sites for hydroxylation is 1. The van der Waals surface area contributed by atoms with E-state index in [-0.39, 0.29) is 5.92 Å². The summed E-state index contributed by atoms with van der Waals surface area (Å²) in [6.45, 7) is 3.34. The zero-order valence-electron chi connectivity index (χ0n) is 15.0. The Kier molecular flexibility index (Phi) is 7.76. The molecule has 5 nitrogen and oxygen atoms in total. The quantitative estimate of drug-likeness (QED) is 0.806. The van der Waals surface area contributed by atoms with Crippen LogP contribution in [0.2, 0.25) is 0 Å². The summed E-state index contributed by atoms with van der Waals surface area (Å²) < 4.78 is 5.32. The molecule has 25 heavy (non-hydrogen) atoms. The molecule has 1 aromatic rings. The van der Waals surface area contributed by atoms with Gasteiger partial charge in [0.2, 0.25) is 6.10 Å². The van der Waals surface area contributed by atoms with Crippen molar-refractivity contribution in [3.8, 4) is 0 Å². The van der Waals surface area contributed by atoms with Gasteiger partial charge in [-0.05, 0) is 43.6 Å². The Morgan fingerprint density at radius 2 is 1.76 bits per heavy atom. The number of hydrogen-bond donors (Lipinski definition) is 1. The summed E-state index contributed by atoms with van der Waals surface area (Å²) in [6.07, 6.45) is 4.71. The summed E-state index contributed by atoms with van der Waals surface area (Å²) in [4.78, 5) is 25.4. The predicted molar refractivity (Wildman–Crippen MR) is 96.5 cm³/mol. The van der Waals surface area contributed by atoms with E-state index in [1.54, 1.807) is 4.90 Å². The smallest absolute Gasteiger partial charge is 0.410 e. The maximum Gasteiger partial charge on any atom is 0.410 e. The minimum Gasteiger partial charge on any atom is -0.479 e. The van der Waals surface area contributed by atoms with Crippen LogP contribution < -0.4 is 0 Å². The minimum absolute atomic E-state index is 0.165. The summed E-state index contributed by atoms with van der Waals surface area (Å²) in [5, 5.41) is 9.41. The van der Waals surface area contributed by atoms with Crippen LogP contribution in [-0.2, 0) is 16.0 Å². The lowest BCUT2D eigenvalue weighted by Crippen LogP contribution is -2.38. The van der Waals surface area contributed by atoms with Crippen molar-refractivity contribution < 1.29 is 19.4 Å². The average Bonchev–Trinajstić information content (AvgIpc) is 2.89. The number of carbonyl (C=O) groups excluding carboxylic acids is 1. The van der Waals surface area contributed by atoms with Crippen LogP contribution in [0.1, 0.15) is 51.0 Å². The summed E-state index contributed by atoms with van der Waals surface area (Å²) in [6, 6.07) is 10.1. The third-order valence-corrected chi connectivity index (χ3v) is 4.77. The van der Waals surface area contributed by atoms with Crippen molar-refractivity contribution in [3.63, 3.8) is 0 Å². The van der Waals surface area contributed by atoms with Crippen LogP contribution in [-0.4, -0.2) is 41.3 Å².